The van der Waals surface area contributed by atoms with Gasteiger partial charge in [0, 0.05) is 26.2 Å². The average molecular weight is 186 g/mol. The second kappa shape index (κ2) is 6.35. The van der Waals surface area contributed by atoms with Crippen molar-refractivity contribution in [3.05, 3.63) is 0 Å². The van der Waals surface area contributed by atoms with E-state index in [4.69, 9.17) is 4.74 Å². The van der Waals surface area contributed by atoms with Crippen molar-refractivity contribution in [2.24, 2.45) is 0 Å². The minimum Gasteiger partial charge on any atom is -0.383 e. The summed E-state index contributed by atoms with van der Waals surface area (Å²) in [5.74, 6) is 0. The average Bonchev–Trinajstić information content (AvgIpc) is 2.59. The third-order valence-electron chi connectivity index (χ3n) is 2.57. The van der Waals surface area contributed by atoms with Gasteiger partial charge in [0.1, 0.15) is 0 Å². The number of hydrogen-bond donors (Lipinski definition) is 1. The van der Waals surface area contributed by atoms with Gasteiger partial charge in [-0.25, -0.2) is 0 Å². The van der Waals surface area contributed by atoms with E-state index in [0.717, 1.165) is 25.7 Å². The molecule has 1 atom stereocenters. The fraction of sp³-hybridized carbons (Fsp3) is 1.00. The van der Waals surface area contributed by atoms with Crippen LogP contribution in [0.3, 0.4) is 0 Å². The molecule has 0 amide bonds. The topological polar surface area (TPSA) is 24.5 Å². The molecule has 1 N–H and O–H groups in total. The molecule has 1 aliphatic heterocycles. The standard InChI is InChI=1S/C10H22N2O/c1-3-5-11-10-4-6-12(9-10)7-8-13-2/h10-11H,3-9H2,1-2H3. The van der Waals surface area contributed by atoms with Gasteiger partial charge in [0.15, 0.2) is 0 Å². The zero-order valence-corrected chi connectivity index (χ0v) is 8.88. The first-order chi connectivity index (χ1) is 6.36. The van der Waals surface area contributed by atoms with Crippen molar-refractivity contribution >= 4 is 0 Å². The van der Waals surface area contributed by atoms with Crippen molar-refractivity contribution in [2.45, 2.75) is 25.8 Å². The first kappa shape index (κ1) is 11.0. The van der Waals surface area contributed by atoms with Gasteiger partial charge in [0.25, 0.3) is 0 Å². The summed E-state index contributed by atoms with van der Waals surface area (Å²) in [4.78, 5) is 2.47. The maximum Gasteiger partial charge on any atom is 0.0589 e. The van der Waals surface area contributed by atoms with Crippen molar-refractivity contribution in [1.82, 2.24) is 10.2 Å². The summed E-state index contributed by atoms with van der Waals surface area (Å²) in [7, 11) is 1.77. The van der Waals surface area contributed by atoms with Crippen LogP contribution in [0, 0.1) is 0 Å². The summed E-state index contributed by atoms with van der Waals surface area (Å²) < 4.78 is 5.06. The van der Waals surface area contributed by atoms with Crippen molar-refractivity contribution in [1.29, 1.82) is 0 Å². The summed E-state index contributed by atoms with van der Waals surface area (Å²) in [6, 6.07) is 0.719. The smallest absolute Gasteiger partial charge is 0.0589 e. The van der Waals surface area contributed by atoms with Crippen LogP contribution in [-0.2, 0) is 4.74 Å². The van der Waals surface area contributed by atoms with Crippen molar-refractivity contribution in [3.8, 4) is 0 Å². The Morgan fingerprint density at radius 1 is 1.54 bits per heavy atom. The molecule has 1 saturated heterocycles. The van der Waals surface area contributed by atoms with E-state index in [1.165, 1.54) is 25.9 Å². The van der Waals surface area contributed by atoms with Crippen LogP contribution in [0.5, 0.6) is 0 Å². The summed E-state index contributed by atoms with van der Waals surface area (Å²) in [6.45, 7) is 7.74. The second-order valence-electron chi connectivity index (χ2n) is 3.73. The normalized spacial score (nSPS) is 24.0. The zero-order valence-electron chi connectivity index (χ0n) is 8.88. The van der Waals surface area contributed by atoms with Gasteiger partial charge in [-0.3, -0.25) is 4.90 Å². The Balaban J connectivity index is 2.05. The van der Waals surface area contributed by atoms with Gasteiger partial charge in [-0.1, -0.05) is 6.92 Å². The van der Waals surface area contributed by atoms with E-state index in [-0.39, 0.29) is 0 Å². The fourth-order valence-electron chi connectivity index (χ4n) is 1.77. The Morgan fingerprint density at radius 3 is 3.08 bits per heavy atom. The molecule has 3 heteroatoms. The molecule has 1 heterocycles. The Bertz CT molecular complexity index is 116. The molecule has 1 fully saturated rings. The van der Waals surface area contributed by atoms with Gasteiger partial charge in [-0.15, -0.1) is 0 Å². The van der Waals surface area contributed by atoms with Gasteiger partial charge in [0.2, 0.25) is 0 Å². The summed E-state index contributed by atoms with van der Waals surface area (Å²) in [5.41, 5.74) is 0. The molecule has 1 unspecified atom stereocenters. The number of nitrogens with zero attached hydrogens (tertiary/aromatic N) is 1. The highest BCUT2D eigenvalue weighted by molar-refractivity contribution is 4.80. The van der Waals surface area contributed by atoms with Gasteiger partial charge in [-0.05, 0) is 25.9 Å². The lowest BCUT2D eigenvalue weighted by molar-refractivity contribution is 0.159. The Labute approximate surface area is 81.4 Å². The van der Waals surface area contributed by atoms with Crippen LogP contribution in [0.1, 0.15) is 19.8 Å². The van der Waals surface area contributed by atoms with Crippen molar-refractivity contribution in [3.63, 3.8) is 0 Å². The third-order valence-corrected chi connectivity index (χ3v) is 2.57. The maximum absolute atomic E-state index is 5.06. The fourth-order valence-corrected chi connectivity index (χ4v) is 1.77. The van der Waals surface area contributed by atoms with Gasteiger partial charge in [0.05, 0.1) is 6.61 Å². The molecule has 0 aromatic heterocycles. The van der Waals surface area contributed by atoms with Crippen LogP contribution in [0.25, 0.3) is 0 Å². The minimum absolute atomic E-state index is 0.719. The van der Waals surface area contributed by atoms with Gasteiger partial charge < -0.3 is 10.1 Å². The highest BCUT2D eigenvalue weighted by Gasteiger charge is 2.20. The molecule has 0 bridgehead atoms. The molecule has 0 spiro atoms. The Kier molecular flexibility index (Phi) is 5.35. The molecule has 78 valence electrons. The van der Waals surface area contributed by atoms with E-state index in [1.807, 2.05) is 0 Å². The number of nitrogens with one attached hydrogen (secondary N) is 1. The molecule has 3 nitrogen and oxygen atoms in total. The van der Waals surface area contributed by atoms with E-state index >= 15 is 0 Å². The highest BCUT2D eigenvalue weighted by Crippen LogP contribution is 2.08. The van der Waals surface area contributed by atoms with Crippen LogP contribution < -0.4 is 5.32 Å². The van der Waals surface area contributed by atoms with Crippen LogP contribution in [0.15, 0.2) is 0 Å². The molecule has 13 heavy (non-hydrogen) atoms. The lowest BCUT2D eigenvalue weighted by Crippen LogP contribution is -2.33. The van der Waals surface area contributed by atoms with Crippen molar-refractivity contribution < 1.29 is 4.74 Å². The molecular formula is C10H22N2O. The lowest BCUT2D eigenvalue weighted by Gasteiger charge is -2.15. The summed E-state index contributed by atoms with van der Waals surface area (Å²) >= 11 is 0. The lowest BCUT2D eigenvalue weighted by atomic mass is 10.2. The van der Waals surface area contributed by atoms with E-state index < -0.39 is 0 Å². The van der Waals surface area contributed by atoms with E-state index in [0.29, 0.717) is 0 Å². The first-order valence-corrected chi connectivity index (χ1v) is 5.31. The van der Waals surface area contributed by atoms with E-state index in [2.05, 4.69) is 17.1 Å². The van der Waals surface area contributed by atoms with Crippen LogP contribution in [0.4, 0.5) is 0 Å². The third kappa shape index (κ3) is 4.07. The summed E-state index contributed by atoms with van der Waals surface area (Å²) in [5, 5.41) is 3.56. The quantitative estimate of drug-likeness (QED) is 0.661. The molecular weight excluding hydrogens is 164 g/mol. The molecule has 1 rings (SSSR count). The SMILES string of the molecule is CCCNC1CCN(CCOC)C1. The Hall–Kier alpha value is -0.120. The molecule has 0 aromatic carbocycles. The molecule has 1 aliphatic rings. The molecule has 0 saturated carbocycles. The molecule has 0 radical (unpaired) electrons. The van der Waals surface area contributed by atoms with Crippen LogP contribution >= 0.6 is 0 Å². The Morgan fingerprint density at radius 2 is 2.38 bits per heavy atom. The van der Waals surface area contributed by atoms with Crippen LogP contribution in [-0.4, -0.2) is 50.8 Å². The van der Waals surface area contributed by atoms with E-state index in [9.17, 15) is 0 Å². The second-order valence-corrected chi connectivity index (χ2v) is 3.73. The predicted molar refractivity (Wildman–Crippen MR) is 55.0 cm³/mol. The van der Waals surface area contributed by atoms with Crippen molar-refractivity contribution in [2.75, 3.05) is 39.9 Å². The van der Waals surface area contributed by atoms with Crippen LogP contribution in [0.2, 0.25) is 0 Å². The number of hydrogen-bond acceptors (Lipinski definition) is 3. The van der Waals surface area contributed by atoms with E-state index in [1.54, 1.807) is 7.11 Å². The first-order valence-electron chi connectivity index (χ1n) is 5.31. The monoisotopic (exact) mass is 186 g/mol. The highest BCUT2D eigenvalue weighted by atomic mass is 16.5. The number of methoxy groups -OCH3 is 1. The minimum atomic E-state index is 0.719. The number of ether oxygens (including phenoxy) is 1. The molecule has 0 aromatic rings. The number of rotatable bonds is 6. The zero-order chi connectivity index (χ0) is 9.52. The molecule has 0 aliphatic carbocycles. The largest absolute Gasteiger partial charge is 0.383 e. The number of likely N-dealkylation sites (tertiary alicyclic amines) is 1. The maximum atomic E-state index is 5.06. The summed E-state index contributed by atoms with van der Waals surface area (Å²) in [6.07, 6.45) is 2.53. The van der Waals surface area contributed by atoms with Gasteiger partial charge in [-0.2, -0.15) is 0 Å². The predicted octanol–water partition coefficient (Wildman–Crippen LogP) is 0.707. The van der Waals surface area contributed by atoms with Gasteiger partial charge >= 0.3 is 0 Å².